The fourth-order valence-electron chi connectivity index (χ4n) is 1.65. The third-order valence-electron chi connectivity index (χ3n) is 2.53. The molecule has 2 unspecified atom stereocenters. The molecule has 2 rings (SSSR count). The lowest BCUT2D eigenvalue weighted by Gasteiger charge is -2.41. The molecule has 0 amide bonds. The molecule has 1 saturated heterocycles. The third-order valence-corrected chi connectivity index (χ3v) is 3.45. The van der Waals surface area contributed by atoms with Crippen molar-refractivity contribution in [1.82, 2.24) is 10.6 Å². The fourth-order valence-corrected chi connectivity index (χ4v) is 2.19. The van der Waals surface area contributed by atoms with E-state index in [1.807, 2.05) is 18.4 Å². The van der Waals surface area contributed by atoms with Crippen molar-refractivity contribution in [3.8, 4) is 0 Å². The van der Waals surface area contributed by atoms with Gasteiger partial charge in [0.1, 0.15) is 5.66 Å². The maximum Gasteiger partial charge on any atom is 0.136 e. The number of nitrogens with two attached hydrogens (primary N) is 1. The van der Waals surface area contributed by atoms with Crippen LogP contribution in [0.5, 0.6) is 0 Å². The molecule has 2 aliphatic rings. The number of dihydropyridines is 1. The van der Waals surface area contributed by atoms with Gasteiger partial charge in [0.2, 0.25) is 0 Å². The summed E-state index contributed by atoms with van der Waals surface area (Å²) in [5, 5.41) is 6.50. The van der Waals surface area contributed by atoms with Gasteiger partial charge in [0.05, 0.1) is 19.3 Å². The van der Waals surface area contributed by atoms with E-state index in [1.165, 1.54) is 0 Å². The minimum atomic E-state index is -0.588. The van der Waals surface area contributed by atoms with Gasteiger partial charge in [-0.25, -0.2) is 0 Å². The van der Waals surface area contributed by atoms with E-state index >= 15 is 0 Å². The van der Waals surface area contributed by atoms with Crippen LogP contribution in [-0.4, -0.2) is 31.5 Å². The lowest BCUT2D eigenvalue weighted by Crippen LogP contribution is -2.68. The molecular formula is C9H14BrN3O. The van der Waals surface area contributed by atoms with Crippen LogP contribution in [0.3, 0.4) is 0 Å². The summed E-state index contributed by atoms with van der Waals surface area (Å²) in [7, 11) is 0. The van der Waals surface area contributed by atoms with Gasteiger partial charge in [0.25, 0.3) is 0 Å². The summed E-state index contributed by atoms with van der Waals surface area (Å²) in [5.41, 5.74) is 5.67. The van der Waals surface area contributed by atoms with E-state index < -0.39 is 5.66 Å². The minimum absolute atomic E-state index is 0.0897. The van der Waals surface area contributed by atoms with Crippen molar-refractivity contribution in [3.63, 3.8) is 0 Å². The molecule has 5 heteroatoms. The summed E-state index contributed by atoms with van der Waals surface area (Å²) >= 11 is 3.47. The first-order chi connectivity index (χ1) is 6.73. The van der Waals surface area contributed by atoms with Crippen LogP contribution < -0.4 is 16.4 Å². The van der Waals surface area contributed by atoms with E-state index in [9.17, 15) is 0 Å². The number of allylic oxidation sites excluding steroid dienone is 2. The van der Waals surface area contributed by atoms with Crippen molar-refractivity contribution >= 4 is 15.9 Å². The highest BCUT2D eigenvalue weighted by atomic mass is 79.9. The standard InChI is InChI=1S/C9H14BrN3O/c10-7-2-1-3-13-9(7,11)8-6-14-5-4-12-8/h1-3,8,12-13H,4-6,11H2. The Morgan fingerprint density at radius 1 is 1.64 bits per heavy atom. The second-order valence-corrected chi connectivity index (χ2v) is 4.32. The molecule has 14 heavy (non-hydrogen) atoms. The van der Waals surface area contributed by atoms with Crippen molar-refractivity contribution in [3.05, 3.63) is 22.8 Å². The predicted molar refractivity (Wildman–Crippen MR) is 58.8 cm³/mol. The SMILES string of the molecule is NC1(C2COCCN2)NC=CC=C1Br. The molecule has 2 aliphatic heterocycles. The maximum atomic E-state index is 6.26. The number of nitrogens with one attached hydrogen (secondary N) is 2. The van der Waals surface area contributed by atoms with Crippen LogP contribution in [0, 0.1) is 0 Å². The Labute approximate surface area is 91.7 Å². The molecular weight excluding hydrogens is 246 g/mol. The Hall–Kier alpha value is -0.360. The third kappa shape index (κ3) is 1.72. The van der Waals surface area contributed by atoms with Gasteiger partial charge in [-0.3, -0.25) is 0 Å². The molecule has 2 atom stereocenters. The van der Waals surface area contributed by atoms with Crippen LogP contribution in [0.2, 0.25) is 0 Å². The zero-order valence-corrected chi connectivity index (χ0v) is 9.38. The summed E-state index contributed by atoms with van der Waals surface area (Å²) in [5.74, 6) is 0. The first-order valence-corrected chi connectivity index (χ1v) is 5.43. The van der Waals surface area contributed by atoms with E-state index in [-0.39, 0.29) is 6.04 Å². The molecule has 0 spiro atoms. The largest absolute Gasteiger partial charge is 0.378 e. The predicted octanol–water partition coefficient (Wildman–Crippen LogP) is 0.0255. The van der Waals surface area contributed by atoms with Crippen molar-refractivity contribution < 1.29 is 4.74 Å². The second-order valence-electron chi connectivity index (χ2n) is 3.47. The highest BCUT2D eigenvalue weighted by Crippen LogP contribution is 2.25. The molecule has 0 radical (unpaired) electrons. The molecule has 2 heterocycles. The molecule has 0 aromatic rings. The molecule has 0 aromatic carbocycles. The zero-order valence-electron chi connectivity index (χ0n) is 7.79. The first kappa shape index (κ1) is 10.2. The van der Waals surface area contributed by atoms with Gasteiger partial charge in [-0.1, -0.05) is 15.9 Å². The maximum absolute atomic E-state index is 6.26. The summed E-state index contributed by atoms with van der Waals surface area (Å²) in [6.07, 6.45) is 5.71. The van der Waals surface area contributed by atoms with Gasteiger partial charge in [0.15, 0.2) is 0 Å². The first-order valence-electron chi connectivity index (χ1n) is 4.64. The fraction of sp³-hybridized carbons (Fsp3) is 0.556. The van der Waals surface area contributed by atoms with E-state index in [0.29, 0.717) is 6.61 Å². The highest BCUT2D eigenvalue weighted by molar-refractivity contribution is 9.11. The van der Waals surface area contributed by atoms with Gasteiger partial charge in [-0.15, -0.1) is 0 Å². The van der Waals surface area contributed by atoms with Crippen molar-refractivity contribution in [2.24, 2.45) is 5.73 Å². The highest BCUT2D eigenvalue weighted by Gasteiger charge is 2.38. The Balaban J connectivity index is 2.14. The lowest BCUT2D eigenvalue weighted by atomic mass is 9.98. The van der Waals surface area contributed by atoms with E-state index in [0.717, 1.165) is 17.6 Å². The van der Waals surface area contributed by atoms with Gasteiger partial charge >= 0.3 is 0 Å². The number of hydrogen-bond donors (Lipinski definition) is 3. The Kier molecular flexibility index (Phi) is 2.92. The molecule has 0 saturated carbocycles. The Morgan fingerprint density at radius 2 is 2.50 bits per heavy atom. The van der Waals surface area contributed by atoms with Crippen LogP contribution >= 0.6 is 15.9 Å². The molecule has 0 aromatic heterocycles. The van der Waals surface area contributed by atoms with Gasteiger partial charge in [0, 0.05) is 11.0 Å². The van der Waals surface area contributed by atoms with Crippen LogP contribution in [0.4, 0.5) is 0 Å². The molecule has 4 nitrogen and oxygen atoms in total. The normalized spacial score (nSPS) is 37.6. The number of rotatable bonds is 1. The monoisotopic (exact) mass is 259 g/mol. The van der Waals surface area contributed by atoms with Crippen LogP contribution in [0.25, 0.3) is 0 Å². The molecule has 4 N–H and O–H groups in total. The van der Waals surface area contributed by atoms with Crippen LogP contribution in [0.1, 0.15) is 0 Å². The quantitative estimate of drug-likeness (QED) is 0.622. The smallest absolute Gasteiger partial charge is 0.136 e. The molecule has 1 fully saturated rings. The minimum Gasteiger partial charge on any atom is -0.378 e. The lowest BCUT2D eigenvalue weighted by molar-refractivity contribution is 0.0527. The molecule has 78 valence electrons. The van der Waals surface area contributed by atoms with Gasteiger partial charge in [-0.2, -0.15) is 0 Å². The summed E-state index contributed by atoms with van der Waals surface area (Å²) in [6.45, 7) is 2.22. The average molecular weight is 260 g/mol. The zero-order chi connectivity index (χ0) is 10.0. The van der Waals surface area contributed by atoms with Crippen molar-refractivity contribution in [1.29, 1.82) is 0 Å². The number of ether oxygens (including phenoxy) is 1. The molecule has 0 bridgehead atoms. The second kappa shape index (κ2) is 4.02. The number of morpholine rings is 1. The Bertz CT molecular complexity index is 273. The van der Waals surface area contributed by atoms with Crippen molar-refractivity contribution in [2.45, 2.75) is 11.7 Å². The summed E-state index contributed by atoms with van der Waals surface area (Å²) in [4.78, 5) is 0. The van der Waals surface area contributed by atoms with Crippen LogP contribution in [-0.2, 0) is 4.74 Å². The summed E-state index contributed by atoms with van der Waals surface area (Å²) in [6, 6.07) is 0.0897. The van der Waals surface area contributed by atoms with E-state index in [1.54, 1.807) is 0 Å². The van der Waals surface area contributed by atoms with Gasteiger partial charge < -0.3 is 21.1 Å². The van der Waals surface area contributed by atoms with Gasteiger partial charge in [-0.05, 0) is 18.4 Å². The molecule has 0 aliphatic carbocycles. The average Bonchev–Trinajstić information content (AvgIpc) is 2.24. The van der Waals surface area contributed by atoms with Crippen molar-refractivity contribution in [2.75, 3.05) is 19.8 Å². The number of halogens is 1. The van der Waals surface area contributed by atoms with Crippen LogP contribution in [0.15, 0.2) is 22.8 Å². The Morgan fingerprint density at radius 3 is 3.14 bits per heavy atom. The van der Waals surface area contributed by atoms with E-state index in [4.69, 9.17) is 10.5 Å². The van der Waals surface area contributed by atoms with E-state index in [2.05, 4.69) is 26.6 Å². The summed E-state index contributed by atoms with van der Waals surface area (Å²) < 4.78 is 6.33. The topological polar surface area (TPSA) is 59.3 Å². The number of hydrogen-bond acceptors (Lipinski definition) is 4.